The van der Waals surface area contributed by atoms with Gasteiger partial charge in [0.05, 0.1) is 48.3 Å². The number of carbonyl (C=O) groups excluding carboxylic acids is 4. The van der Waals surface area contributed by atoms with E-state index in [0.29, 0.717) is 13.0 Å². The lowest BCUT2D eigenvalue weighted by molar-refractivity contribution is -0.150. The predicted octanol–water partition coefficient (Wildman–Crippen LogP) is 4.89. The molecular weight excluding hydrogens is 660 g/mol. The second kappa shape index (κ2) is 19.6. The summed E-state index contributed by atoms with van der Waals surface area (Å²) in [6.45, 7) is 15.5. The molecule has 3 N–H and O–H groups in total. The van der Waals surface area contributed by atoms with Crippen LogP contribution in [0.25, 0.3) is 0 Å². The van der Waals surface area contributed by atoms with E-state index in [4.69, 9.17) is 15.2 Å². The largest absolute Gasteiger partial charge is 0.388 e. The third-order valence-electron chi connectivity index (χ3n) is 11.9. The van der Waals surface area contributed by atoms with Crippen molar-refractivity contribution in [2.24, 2.45) is 29.4 Å². The van der Waals surface area contributed by atoms with Crippen LogP contribution in [0.4, 0.5) is 0 Å². The topological polar surface area (TPSA) is 143 Å². The summed E-state index contributed by atoms with van der Waals surface area (Å²) >= 11 is 0. The molecule has 2 rings (SSSR count). The summed E-state index contributed by atoms with van der Waals surface area (Å²) in [6.07, 6.45) is 0.469. The van der Waals surface area contributed by atoms with E-state index in [1.807, 2.05) is 95.8 Å². The average Bonchev–Trinajstić information content (AvgIpc) is 3.58. The highest BCUT2D eigenvalue weighted by Gasteiger charge is 2.45. The first-order valence-corrected chi connectivity index (χ1v) is 19.0. The van der Waals surface area contributed by atoms with E-state index in [2.05, 4.69) is 0 Å². The fourth-order valence-corrected chi connectivity index (χ4v) is 7.53. The summed E-state index contributed by atoms with van der Waals surface area (Å²) in [5.41, 5.74) is 5.59. The molecule has 0 unspecified atom stereocenters. The van der Waals surface area contributed by atoms with Gasteiger partial charge in [0.2, 0.25) is 11.8 Å². The van der Waals surface area contributed by atoms with Crippen molar-refractivity contribution in [2.45, 2.75) is 135 Å². The van der Waals surface area contributed by atoms with Gasteiger partial charge in [0.15, 0.2) is 5.78 Å². The third kappa shape index (κ3) is 11.2. The van der Waals surface area contributed by atoms with Crippen molar-refractivity contribution < 1.29 is 33.8 Å². The van der Waals surface area contributed by atoms with Crippen LogP contribution in [0.2, 0.25) is 0 Å². The van der Waals surface area contributed by atoms with Gasteiger partial charge >= 0.3 is 0 Å². The van der Waals surface area contributed by atoms with Crippen LogP contribution in [0.3, 0.4) is 0 Å². The van der Waals surface area contributed by atoms with Crippen LogP contribution in [0.1, 0.15) is 106 Å². The highest BCUT2D eigenvalue weighted by Crippen LogP contribution is 2.33. The van der Waals surface area contributed by atoms with Crippen LogP contribution >= 0.6 is 0 Å². The van der Waals surface area contributed by atoms with Crippen molar-refractivity contribution in [3.05, 3.63) is 35.9 Å². The van der Waals surface area contributed by atoms with E-state index in [-0.39, 0.29) is 60.5 Å². The number of Topliss-reactive ketones (excluding diaryl/α,β-unsaturated/α-hetero) is 2. The zero-order chi connectivity index (χ0) is 39.7. The van der Waals surface area contributed by atoms with Gasteiger partial charge in [-0.3, -0.25) is 24.1 Å². The summed E-state index contributed by atoms with van der Waals surface area (Å²) in [7, 11) is 8.54. The molecule has 11 heteroatoms. The van der Waals surface area contributed by atoms with Gasteiger partial charge in [-0.25, -0.2) is 0 Å². The van der Waals surface area contributed by atoms with Crippen LogP contribution in [-0.4, -0.2) is 120 Å². The molecule has 2 amide bonds. The van der Waals surface area contributed by atoms with E-state index in [1.165, 1.54) is 0 Å². The fourth-order valence-electron chi connectivity index (χ4n) is 7.53. The first kappa shape index (κ1) is 45.5. The molecule has 1 fully saturated rings. The summed E-state index contributed by atoms with van der Waals surface area (Å²) in [5, 5.41) is 10.9. The third-order valence-corrected chi connectivity index (χ3v) is 11.9. The lowest BCUT2D eigenvalue weighted by Crippen LogP contribution is -2.58. The Balaban J connectivity index is 2.28. The number of methoxy groups -OCH3 is 2. The first-order chi connectivity index (χ1) is 24.1. The molecular formula is C41H70N4O7. The molecule has 1 aromatic carbocycles. The van der Waals surface area contributed by atoms with Gasteiger partial charge in [0.25, 0.3) is 0 Å². The average molecular weight is 731 g/mol. The molecule has 1 aliphatic rings. The van der Waals surface area contributed by atoms with Gasteiger partial charge in [-0.2, -0.15) is 0 Å². The molecule has 0 saturated carbocycles. The van der Waals surface area contributed by atoms with Gasteiger partial charge in [-0.05, 0) is 72.0 Å². The Morgan fingerprint density at radius 3 is 2.04 bits per heavy atom. The Morgan fingerprint density at radius 2 is 1.54 bits per heavy atom. The fraction of sp³-hybridized carbons (Fsp3) is 0.756. The zero-order valence-corrected chi connectivity index (χ0v) is 34.3. The Kier molecular flexibility index (Phi) is 17.1. The maximum atomic E-state index is 14.3. The van der Waals surface area contributed by atoms with Gasteiger partial charge in [-0.1, -0.05) is 64.4 Å². The molecule has 9 atom stereocenters. The molecule has 0 radical (unpaired) electrons. The van der Waals surface area contributed by atoms with E-state index in [0.717, 1.165) is 18.4 Å². The number of nitrogens with zero attached hydrogens (tertiary/aromatic N) is 3. The van der Waals surface area contributed by atoms with Crippen LogP contribution in [-0.2, 0) is 28.7 Å². The molecule has 0 aromatic heterocycles. The van der Waals surface area contributed by atoms with Crippen molar-refractivity contribution >= 4 is 23.4 Å². The normalized spacial score (nSPS) is 20.1. The monoisotopic (exact) mass is 731 g/mol. The molecule has 0 spiro atoms. The minimum absolute atomic E-state index is 0.0174. The molecule has 11 nitrogen and oxygen atoms in total. The second-order valence-corrected chi connectivity index (χ2v) is 16.5. The van der Waals surface area contributed by atoms with E-state index in [9.17, 15) is 24.3 Å². The molecule has 296 valence electrons. The molecule has 1 saturated heterocycles. The number of ether oxygens (including phenoxy) is 2. The summed E-state index contributed by atoms with van der Waals surface area (Å²) in [6, 6.07) is 8.56. The lowest BCUT2D eigenvalue weighted by atomic mass is 9.79. The number of likely N-dealkylation sites (tertiary alicyclic amines) is 1. The molecule has 1 heterocycles. The molecule has 0 aliphatic carbocycles. The number of likely N-dealkylation sites (N-methyl/N-ethyl adjacent to an activating group) is 2. The number of aliphatic hydroxyl groups is 1. The van der Waals surface area contributed by atoms with Crippen molar-refractivity contribution in [1.82, 2.24) is 14.7 Å². The lowest BCUT2D eigenvalue weighted by Gasteiger charge is -2.42. The molecule has 1 aromatic rings. The van der Waals surface area contributed by atoms with Gasteiger partial charge in [0, 0.05) is 52.1 Å². The standard InChI is InChI=1S/C41H70N4O7/c1-14-26(2)36(44(11)39(50)30(40(5,6)42)24-34(47)41(7,8)43(9)10)33(51-12)25-35(48)45-22-18-21-31(45)38(52-13)28(4)32(46)23-27(3)37(49)29-19-16-15-17-20-29/h15-17,19-20,26-28,30-31,33,36-38,49H,14,18,21-25,42H2,1-13H3/t26-,27-,28-,30+,31-,33+,36-,37+,38+/m0/s1. The predicted molar refractivity (Wildman–Crippen MR) is 205 cm³/mol. The molecule has 1 aliphatic heterocycles. The minimum Gasteiger partial charge on any atom is -0.388 e. The van der Waals surface area contributed by atoms with Crippen LogP contribution in [0.5, 0.6) is 0 Å². The Morgan fingerprint density at radius 1 is 0.942 bits per heavy atom. The van der Waals surface area contributed by atoms with Crippen LogP contribution < -0.4 is 5.73 Å². The van der Waals surface area contributed by atoms with Crippen molar-refractivity contribution in [1.29, 1.82) is 0 Å². The Bertz CT molecular complexity index is 1310. The van der Waals surface area contributed by atoms with E-state index < -0.39 is 47.3 Å². The number of amides is 2. The van der Waals surface area contributed by atoms with Gasteiger partial charge in [-0.15, -0.1) is 0 Å². The quantitative estimate of drug-likeness (QED) is 0.181. The molecule has 52 heavy (non-hydrogen) atoms. The van der Waals surface area contributed by atoms with Gasteiger partial charge < -0.3 is 30.1 Å². The number of hydrogen-bond donors (Lipinski definition) is 2. The van der Waals surface area contributed by atoms with Crippen molar-refractivity contribution in [3.63, 3.8) is 0 Å². The molecule has 0 bridgehead atoms. The number of carbonyl (C=O) groups is 4. The second-order valence-electron chi connectivity index (χ2n) is 16.5. The maximum Gasteiger partial charge on any atom is 0.228 e. The van der Waals surface area contributed by atoms with Crippen LogP contribution in [0, 0.1) is 23.7 Å². The first-order valence-electron chi connectivity index (χ1n) is 19.0. The highest BCUT2D eigenvalue weighted by atomic mass is 16.5. The highest BCUT2D eigenvalue weighted by molar-refractivity contribution is 5.92. The number of benzene rings is 1. The summed E-state index contributed by atoms with van der Waals surface area (Å²) < 4.78 is 12.0. The van der Waals surface area contributed by atoms with Crippen molar-refractivity contribution in [2.75, 3.05) is 41.9 Å². The zero-order valence-electron chi connectivity index (χ0n) is 34.3. The number of rotatable bonds is 21. The smallest absolute Gasteiger partial charge is 0.228 e. The number of hydrogen-bond acceptors (Lipinski definition) is 9. The van der Waals surface area contributed by atoms with E-state index in [1.54, 1.807) is 40.0 Å². The number of nitrogens with two attached hydrogens (primary N) is 1. The number of aliphatic hydroxyl groups excluding tert-OH is 1. The Hall–Kier alpha value is -2.70. The van der Waals surface area contributed by atoms with Crippen LogP contribution in [0.15, 0.2) is 30.3 Å². The van der Waals surface area contributed by atoms with Gasteiger partial charge in [0.1, 0.15) is 5.78 Å². The Labute approximate surface area is 313 Å². The minimum atomic E-state index is -0.981. The maximum absolute atomic E-state index is 14.3. The SMILES string of the molecule is CC[C@H](C)[C@@H]([C@@H](CC(=O)N1CCC[C@H]1[C@H](OC)[C@@H](C)C(=O)C[C@H](C)[C@@H](O)c1ccccc1)OC)N(C)C(=O)[C@@H](CC(=O)C(C)(C)N(C)C)C(C)(C)N. The number of ketones is 2. The van der Waals surface area contributed by atoms with E-state index >= 15 is 0 Å². The summed E-state index contributed by atoms with van der Waals surface area (Å²) in [5.74, 6) is -2.10. The summed E-state index contributed by atoms with van der Waals surface area (Å²) in [4.78, 5) is 60.9. The van der Waals surface area contributed by atoms with Crippen molar-refractivity contribution in [3.8, 4) is 0 Å².